The van der Waals surface area contributed by atoms with E-state index in [1.807, 2.05) is 6.20 Å². The van der Waals surface area contributed by atoms with Gasteiger partial charge in [-0.25, -0.2) is 0 Å². The van der Waals surface area contributed by atoms with E-state index in [4.69, 9.17) is 0 Å². The summed E-state index contributed by atoms with van der Waals surface area (Å²) in [5.74, 6) is 1.07. The topological polar surface area (TPSA) is 27.8 Å². The van der Waals surface area contributed by atoms with Crippen molar-refractivity contribution >= 4 is 0 Å². The van der Waals surface area contributed by atoms with Crippen molar-refractivity contribution < 1.29 is 0 Å². The zero-order valence-electron chi connectivity index (χ0n) is 8.55. The maximum absolute atomic E-state index is 3.59. The quantitative estimate of drug-likeness (QED) is 0.732. The summed E-state index contributed by atoms with van der Waals surface area (Å²) in [4.78, 5) is 3.09. The molecule has 14 heavy (non-hydrogen) atoms. The van der Waals surface area contributed by atoms with E-state index in [0.29, 0.717) is 0 Å². The molecule has 0 atom stereocenters. The van der Waals surface area contributed by atoms with E-state index in [-0.39, 0.29) is 0 Å². The second-order valence-electron chi connectivity index (χ2n) is 4.96. The molecule has 0 amide bonds. The zero-order chi connectivity index (χ0) is 9.43. The lowest BCUT2D eigenvalue weighted by Crippen LogP contribution is -2.24. The number of nitrogens with one attached hydrogen (secondary N) is 2. The molecule has 0 unspecified atom stereocenters. The van der Waals surface area contributed by atoms with Gasteiger partial charge in [0, 0.05) is 25.5 Å². The molecule has 2 nitrogen and oxygen atoms in total. The number of hydrogen-bond acceptors (Lipinski definition) is 1. The molecule has 2 heteroatoms. The number of aromatic nitrogens is 1. The lowest BCUT2D eigenvalue weighted by atomic mass is 10.0. The van der Waals surface area contributed by atoms with Crippen LogP contribution in [0.5, 0.6) is 0 Å². The molecule has 0 bridgehead atoms. The molecule has 0 radical (unpaired) electrons. The van der Waals surface area contributed by atoms with E-state index in [1.165, 1.54) is 37.8 Å². The summed E-state index contributed by atoms with van der Waals surface area (Å²) in [5, 5.41) is 3.59. The zero-order valence-corrected chi connectivity index (χ0v) is 8.55. The summed E-state index contributed by atoms with van der Waals surface area (Å²) in [5.41, 5.74) is 2.10. The summed E-state index contributed by atoms with van der Waals surface area (Å²) < 4.78 is 0. The maximum Gasteiger partial charge on any atom is 0.0220 e. The Morgan fingerprint density at radius 3 is 2.86 bits per heavy atom. The minimum Gasteiger partial charge on any atom is -0.367 e. The number of H-pyrrole nitrogens is 1. The van der Waals surface area contributed by atoms with Crippen LogP contribution in [0.1, 0.15) is 31.2 Å². The lowest BCUT2D eigenvalue weighted by Gasteiger charge is -2.14. The van der Waals surface area contributed by atoms with Gasteiger partial charge in [-0.1, -0.05) is 0 Å². The highest BCUT2D eigenvalue weighted by Crippen LogP contribution is 2.60. The van der Waals surface area contributed by atoms with E-state index in [9.17, 15) is 0 Å². The molecule has 76 valence electrons. The molecule has 3 rings (SSSR count). The van der Waals surface area contributed by atoms with Gasteiger partial charge in [-0.3, -0.25) is 0 Å². The van der Waals surface area contributed by atoms with Gasteiger partial charge in [-0.2, -0.15) is 0 Å². The Morgan fingerprint density at radius 2 is 2.29 bits per heavy atom. The smallest absolute Gasteiger partial charge is 0.0220 e. The van der Waals surface area contributed by atoms with Crippen molar-refractivity contribution in [1.29, 1.82) is 0 Å². The van der Waals surface area contributed by atoms with E-state index in [0.717, 1.165) is 17.9 Å². The molecule has 0 spiro atoms. The first-order valence-corrected chi connectivity index (χ1v) is 5.71. The molecule has 0 aromatic carbocycles. The van der Waals surface area contributed by atoms with E-state index in [1.54, 1.807) is 0 Å². The van der Waals surface area contributed by atoms with Crippen LogP contribution in [-0.2, 0) is 6.54 Å². The highest BCUT2D eigenvalue weighted by Gasteiger charge is 2.53. The second-order valence-corrected chi connectivity index (χ2v) is 4.96. The Morgan fingerprint density at radius 1 is 1.43 bits per heavy atom. The molecule has 0 saturated heterocycles. The minimum atomic E-state index is 0.732. The predicted molar refractivity (Wildman–Crippen MR) is 56.9 cm³/mol. The van der Waals surface area contributed by atoms with Crippen molar-refractivity contribution in [3.8, 4) is 0 Å². The van der Waals surface area contributed by atoms with Gasteiger partial charge in [0.25, 0.3) is 0 Å². The van der Waals surface area contributed by atoms with Gasteiger partial charge in [-0.05, 0) is 48.6 Å². The van der Waals surface area contributed by atoms with Crippen LogP contribution in [0, 0.1) is 11.3 Å². The van der Waals surface area contributed by atoms with Gasteiger partial charge < -0.3 is 10.3 Å². The molecule has 1 heterocycles. The van der Waals surface area contributed by atoms with Gasteiger partial charge >= 0.3 is 0 Å². The Labute approximate surface area is 85.1 Å². The third kappa shape index (κ3) is 1.59. The predicted octanol–water partition coefficient (Wildman–Crippen LogP) is 2.29. The Balaban J connectivity index is 1.46. The van der Waals surface area contributed by atoms with Crippen LogP contribution in [0.2, 0.25) is 0 Å². The maximum atomic E-state index is 3.59. The van der Waals surface area contributed by atoms with Gasteiger partial charge in [0.05, 0.1) is 0 Å². The summed E-state index contributed by atoms with van der Waals surface area (Å²) in [6, 6.07) is 2.14. The first-order chi connectivity index (χ1) is 6.89. The van der Waals surface area contributed by atoms with Crippen molar-refractivity contribution in [3.63, 3.8) is 0 Å². The molecule has 0 aliphatic heterocycles. The second kappa shape index (κ2) is 3.13. The summed E-state index contributed by atoms with van der Waals surface area (Å²) in [7, 11) is 0. The molecule has 2 N–H and O–H groups in total. The number of hydrogen-bond donors (Lipinski definition) is 2. The SMILES string of the molecule is c1cc(CNCC2(C3CC3)CC2)c[nH]1. The number of rotatable bonds is 5. The Kier molecular flexibility index (Phi) is 1.91. The minimum absolute atomic E-state index is 0.732. The fraction of sp³-hybridized carbons (Fsp3) is 0.667. The lowest BCUT2D eigenvalue weighted by molar-refractivity contribution is 0.403. The van der Waals surface area contributed by atoms with Crippen LogP contribution >= 0.6 is 0 Å². The first kappa shape index (κ1) is 8.54. The fourth-order valence-corrected chi connectivity index (χ4v) is 2.51. The van der Waals surface area contributed by atoms with Crippen LogP contribution < -0.4 is 5.32 Å². The normalized spacial score (nSPS) is 23.7. The molecule has 2 aliphatic rings. The van der Waals surface area contributed by atoms with Crippen LogP contribution in [0.25, 0.3) is 0 Å². The number of aromatic amines is 1. The molecular formula is C12H18N2. The van der Waals surface area contributed by atoms with Crippen molar-refractivity contribution in [2.45, 2.75) is 32.2 Å². The van der Waals surface area contributed by atoms with Crippen LogP contribution in [-0.4, -0.2) is 11.5 Å². The Hall–Kier alpha value is -0.760. The highest BCUT2D eigenvalue weighted by atomic mass is 14.9. The molecular weight excluding hydrogens is 172 g/mol. The van der Waals surface area contributed by atoms with Gasteiger partial charge in [-0.15, -0.1) is 0 Å². The van der Waals surface area contributed by atoms with E-state index >= 15 is 0 Å². The average Bonchev–Trinajstić information content (AvgIpc) is 3.07. The van der Waals surface area contributed by atoms with Gasteiger partial charge in [0.2, 0.25) is 0 Å². The molecule has 1 aromatic heterocycles. The van der Waals surface area contributed by atoms with Crippen LogP contribution in [0.15, 0.2) is 18.5 Å². The van der Waals surface area contributed by atoms with Gasteiger partial charge in [0.15, 0.2) is 0 Å². The van der Waals surface area contributed by atoms with Crippen LogP contribution in [0.4, 0.5) is 0 Å². The van der Waals surface area contributed by atoms with Crippen molar-refractivity contribution in [1.82, 2.24) is 10.3 Å². The fourth-order valence-electron chi connectivity index (χ4n) is 2.51. The van der Waals surface area contributed by atoms with E-state index < -0.39 is 0 Å². The standard InChI is InChI=1S/C12H18N2/c1-2-11(1)12(4-5-12)9-14-8-10-3-6-13-7-10/h3,6-7,11,13-14H,1-2,4-5,8-9H2. The highest BCUT2D eigenvalue weighted by molar-refractivity contribution is 5.09. The first-order valence-electron chi connectivity index (χ1n) is 5.71. The summed E-state index contributed by atoms with van der Waals surface area (Å²) in [6.45, 7) is 2.26. The van der Waals surface area contributed by atoms with E-state index in [2.05, 4.69) is 22.6 Å². The molecule has 2 saturated carbocycles. The van der Waals surface area contributed by atoms with Gasteiger partial charge in [0.1, 0.15) is 0 Å². The monoisotopic (exact) mass is 190 g/mol. The third-order valence-corrected chi connectivity index (χ3v) is 3.80. The largest absolute Gasteiger partial charge is 0.367 e. The average molecular weight is 190 g/mol. The van der Waals surface area contributed by atoms with Crippen molar-refractivity contribution in [2.75, 3.05) is 6.54 Å². The van der Waals surface area contributed by atoms with Crippen LogP contribution in [0.3, 0.4) is 0 Å². The molecule has 2 aliphatic carbocycles. The third-order valence-electron chi connectivity index (χ3n) is 3.80. The van der Waals surface area contributed by atoms with Crippen molar-refractivity contribution in [3.05, 3.63) is 24.0 Å². The molecule has 2 fully saturated rings. The summed E-state index contributed by atoms with van der Waals surface area (Å²) >= 11 is 0. The molecule has 1 aromatic rings. The summed E-state index contributed by atoms with van der Waals surface area (Å²) in [6.07, 6.45) is 9.99. The Bertz CT molecular complexity index is 294. The van der Waals surface area contributed by atoms with Crippen molar-refractivity contribution in [2.24, 2.45) is 11.3 Å².